The first kappa shape index (κ1) is 9.14. The van der Waals surface area contributed by atoms with Gasteiger partial charge in [0.1, 0.15) is 0 Å². The molecule has 2 nitrogen and oxygen atoms in total. The molecule has 9 heavy (non-hydrogen) atoms. The third-order valence-corrected chi connectivity index (χ3v) is 1.40. The van der Waals surface area contributed by atoms with Crippen LogP contribution in [0.15, 0.2) is 11.1 Å². The second-order valence-electron chi connectivity index (χ2n) is 1.64. The van der Waals surface area contributed by atoms with Crippen molar-refractivity contribution >= 4 is 15.9 Å². The summed E-state index contributed by atoms with van der Waals surface area (Å²) in [6, 6.07) is 0. The maximum atomic E-state index is 8.58. The standard InChI is InChI=1S/C6H11BrO2/c1-9-6(5-8)3-2-4-7/h2,4,6,8H,3,5H2,1H3/b4-2+. The average molecular weight is 195 g/mol. The molecule has 0 amide bonds. The number of aliphatic hydroxyl groups excluding tert-OH is 1. The topological polar surface area (TPSA) is 29.5 Å². The van der Waals surface area contributed by atoms with Crippen LogP contribution in [-0.2, 0) is 4.74 Å². The van der Waals surface area contributed by atoms with Gasteiger partial charge in [0.25, 0.3) is 0 Å². The highest BCUT2D eigenvalue weighted by Gasteiger charge is 1.99. The fraction of sp³-hybridized carbons (Fsp3) is 0.667. The number of aliphatic hydroxyl groups is 1. The first-order valence-electron chi connectivity index (χ1n) is 2.74. The number of rotatable bonds is 4. The van der Waals surface area contributed by atoms with Crippen LogP contribution in [0, 0.1) is 0 Å². The Morgan fingerprint density at radius 2 is 2.44 bits per heavy atom. The van der Waals surface area contributed by atoms with Crippen molar-refractivity contribution < 1.29 is 9.84 Å². The first-order chi connectivity index (χ1) is 4.35. The third-order valence-electron chi connectivity index (χ3n) is 1.03. The molecule has 0 aliphatic heterocycles. The lowest BCUT2D eigenvalue weighted by Crippen LogP contribution is -2.13. The van der Waals surface area contributed by atoms with E-state index >= 15 is 0 Å². The van der Waals surface area contributed by atoms with E-state index in [1.165, 1.54) is 0 Å². The monoisotopic (exact) mass is 194 g/mol. The zero-order chi connectivity index (χ0) is 7.11. The maximum absolute atomic E-state index is 8.58. The van der Waals surface area contributed by atoms with Gasteiger partial charge in [0, 0.05) is 7.11 Å². The van der Waals surface area contributed by atoms with Gasteiger partial charge in [-0.15, -0.1) is 0 Å². The summed E-state index contributed by atoms with van der Waals surface area (Å²) in [7, 11) is 1.59. The Morgan fingerprint density at radius 3 is 2.78 bits per heavy atom. The van der Waals surface area contributed by atoms with E-state index in [9.17, 15) is 0 Å². The van der Waals surface area contributed by atoms with Crippen LogP contribution in [0.25, 0.3) is 0 Å². The minimum atomic E-state index is -0.0567. The summed E-state index contributed by atoms with van der Waals surface area (Å²) in [5.74, 6) is 0. The van der Waals surface area contributed by atoms with Crippen LogP contribution in [0.2, 0.25) is 0 Å². The Labute approximate surface area is 63.6 Å². The van der Waals surface area contributed by atoms with Crippen molar-refractivity contribution in [3.8, 4) is 0 Å². The third kappa shape index (κ3) is 4.63. The maximum Gasteiger partial charge on any atom is 0.0836 e. The molecule has 0 bridgehead atoms. The predicted molar refractivity (Wildman–Crippen MR) is 40.6 cm³/mol. The number of methoxy groups -OCH3 is 1. The zero-order valence-electron chi connectivity index (χ0n) is 5.38. The Kier molecular flexibility index (Phi) is 6.36. The molecule has 1 N–H and O–H groups in total. The molecule has 54 valence electrons. The van der Waals surface area contributed by atoms with Crippen LogP contribution in [0.3, 0.4) is 0 Å². The molecule has 0 aliphatic rings. The first-order valence-corrected chi connectivity index (χ1v) is 3.65. The van der Waals surface area contributed by atoms with Crippen LogP contribution in [0.5, 0.6) is 0 Å². The van der Waals surface area contributed by atoms with E-state index < -0.39 is 0 Å². The van der Waals surface area contributed by atoms with Gasteiger partial charge in [0.2, 0.25) is 0 Å². The highest BCUT2D eigenvalue weighted by Crippen LogP contribution is 1.97. The second kappa shape index (κ2) is 6.26. The number of hydrogen-bond donors (Lipinski definition) is 1. The fourth-order valence-corrected chi connectivity index (χ4v) is 0.664. The minimum absolute atomic E-state index is 0.0567. The molecular weight excluding hydrogens is 184 g/mol. The van der Waals surface area contributed by atoms with Gasteiger partial charge in [-0.1, -0.05) is 22.0 Å². The molecule has 0 spiro atoms. The Hall–Kier alpha value is 0.140. The van der Waals surface area contributed by atoms with Crippen LogP contribution >= 0.6 is 15.9 Å². The van der Waals surface area contributed by atoms with E-state index in [1.54, 1.807) is 12.1 Å². The molecule has 0 saturated heterocycles. The molecule has 0 heterocycles. The summed E-state index contributed by atoms with van der Waals surface area (Å²) in [4.78, 5) is 1.76. The molecule has 3 heteroatoms. The second-order valence-corrected chi connectivity index (χ2v) is 2.17. The average Bonchev–Trinajstić information content (AvgIpc) is 1.91. The van der Waals surface area contributed by atoms with Crippen molar-refractivity contribution in [2.75, 3.05) is 13.7 Å². The lowest BCUT2D eigenvalue weighted by Gasteiger charge is -2.07. The van der Waals surface area contributed by atoms with E-state index in [1.807, 2.05) is 6.08 Å². The molecule has 1 unspecified atom stereocenters. The van der Waals surface area contributed by atoms with Gasteiger partial charge in [0.05, 0.1) is 12.7 Å². The summed E-state index contributed by atoms with van der Waals surface area (Å²) in [5.41, 5.74) is 0. The number of ether oxygens (including phenoxy) is 1. The van der Waals surface area contributed by atoms with E-state index in [-0.39, 0.29) is 12.7 Å². The molecule has 0 rings (SSSR count). The van der Waals surface area contributed by atoms with Crippen molar-refractivity contribution in [3.05, 3.63) is 11.1 Å². The molecule has 0 radical (unpaired) electrons. The van der Waals surface area contributed by atoms with Crippen molar-refractivity contribution in [3.63, 3.8) is 0 Å². The highest BCUT2D eigenvalue weighted by atomic mass is 79.9. The van der Waals surface area contributed by atoms with Gasteiger partial charge in [-0.05, 0) is 11.4 Å². The molecule has 0 fully saturated rings. The Balaban J connectivity index is 3.31. The normalized spacial score (nSPS) is 14.6. The number of halogens is 1. The molecule has 0 aromatic rings. The lowest BCUT2D eigenvalue weighted by atomic mass is 10.3. The van der Waals surface area contributed by atoms with Crippen LogP contribution < -0.4 is 0 Å². The van der Waals surface area contributed by atoms with Crippen molar-refractivity contribution in [2.24, 2.45) is 0 Å². The molecule has 0 aromatic carbocycles. The molecule has 0 aliphatic carbocycles. The quantitative estimate of drug-likeness (QED) is 0.732. The molecule has 0 saturated carbocycles. The largest absolute Gasteiger partial charge is 0.394 e. The van der Waals surface area contributed by atoms with Gasteiger partial charge >= 0.3 is 0 Å². The molecule has 1 atom stereocenters. The molecular formula is C6H11BrO2. The summed E-state index contributed by atoms with van der Waals surface area (Å²) in [5, 5.41) is 8.58. The number of hydrogen-bond acceptors (Lipinski definition) is 2. The summed E-state index contributed by atoms with van der Waals surface area (Å²) in [6.07, 6.45) is 2.58. The van der Waals surface area contributed by atoms with E-state index in [4.69, 9.17) is 9.84 Å². The summed E-state index contributed by atoms with van der Waals surface area (Å²) >= 11 is 3.12. The van der Waals surface area contributed by atoms with Crippen molar-refractivity contribution in [2.45, 2.75) is 12.5 Å². The van der Waals surface area contributed by atoms with E-state index in [0.29, 0.717) is 0 Å². The minimum Gasteiger partial charge on any atom is -0.394 e. The fourth-order valence-electron chi connectivity index (χ4n) is 0.449. The lowest BCUT2D eigenvalue weighted by molar-refractivity contribution is 0.0513. The van der Waals surface area contributed by atoms with Gasteiger partial charge in [-0.3, -0.25) is 0 Å². The van der Waals surface area contributed by atoms with Crippen molar-refractivity contribution in [1.29, 1.82) is 0 Å². The van der Waals surface area contributed by atoms with Crippen LogP contribution in [0.1, 0.15) is 6.42 Å². The van der Waals surface area contributed by atoms with Gasteiger partial charge in [-0.2, -0.15) is 0 Å². The van der Waals surface area contributed by atoms with Crippen molar-refractivity contribution in [1.82, 2.24) is 0 Å². The smallest absolute Gasteiger partial charge is 0.0836 e. The van der Waals surface area contributed by atoms with E-state index in [2.05, 4.69) is 15.9 Å². The van der Waals surface area contributed by atoms with Gasteiger partial charge in [-0.25, -0.2) is 0 Å². The summed E-state index contributed by atoms with van der Waals surface area (Å²) < 4.78 is 4.88. The van der Waals surface area contributed by atoms with Gasteiger partial charge < -0.3 is 9.84 Å². The zero-order valence-corrected chi connectivity index (χ0v) is 6.97. The van der Waals surface area contributed by atoms with Gasteiger partial charge in [0.15, 0.2) is 0 Å². The molecule has 0 aromatic heterocycles. The Morgan fingerprint density at radius 1 is 1.78 bits per heavy atom. The van der Waals surface area contributed by atoms with Crippen LogP contribution in [0.4, 0.5) is 0 Å². The predicted octanol–water partition coefficient (Wildman–Crippen LogP) is 1.29. The SMILES string of the molecule is COC(CO)C/C=C/Br. The summed E-state index contributed by atoms with van der Waals surface area (Å²) in [6.45, 7) is 0.0772. The van der Waals surface area contributed by atoms with E-state index in [0.717, 1.165) is 6.42 Å². The van der Waals surface area contributed by atoms with Crippen LogP contribution in [-0.4, -0.2) is 24.9 Å². The highest BCUT2D eigenvalue weighted by molar-refractivity contribution is 9.11. The Bertz CT molecular complexity index is 79.1.